The third kappa shape index (κ3) is 4.83. The largest absolute Gasteiger partial charge is 0.399 e. The second-order valence-corrected chi connectivity index (χ2v) is 4.13. The van der Waals surface area contributed by atoms with Crippen molar-refractivity contribution in [3.05, 3.63) is 0 Å². The molecule has 16 heavy (non-hydrogen) atoms. The molecule has 0 spiro atoms. The van der Waals surface area contributed by atoms with Crippen molar-refractivity contribution in [1.29, 1.82) is 5.41 Å². The summed E-state index contributed by atoms with van der Waals surface area (Å²) in [5.41, 5.74) is 4.98. The second kappa shape index (κ2) is 6.08. The Morgan fingerprint density at radius 1 is 1.44 bits per heavy atom. The number of hydrogen-bond acceptors (Lipinski definition) is 2. The highest BCUT2D eigenvalue weighted by Crippen LogP contribution is 2.27. The zero-order chi connectivity index (χ0) is 12.9. The van der Waals surface area contributed by atoms with Crippen molar-refractivity contribution in [3.8, 4) is 0 Å². The third-order valence-electron chi connectivity index (χ3n) is 2.70. The van der Waals surface area contributed by atoms with Gasteiger partial charge in [-0.05, 0) is 20.4 Å². The fraction of sp³-hybridized carbons (Fsp3) is 0.900. The Kier molecular flexibility index (Phi) is 5.78. The van der Waals surface area contributed by atoms with E-state index in [1.807, 2.05) is 13.8 Å². The minimum Gasteiger partial charge on any atom is -0.387 e. The average Bonchev–Trinajstić information content (AvgIpc) is 2.11. The summed E-state index contributed by atoms with van der Waals surface area (Å²) in [6.45, 7) is 3.60. The standard InChI is InChI=1S/C10H20F3N3/c1-4-5-7(2)16(3)6-8(9(14)15)10(11,12)13/h7-8H,4-6H2,1-3H3,(H3,14,15). The van der Waals surface area contributed by atoms with Gasteiger partial charge in [-0.15, -0.1) is 0 Å². The van der Waals surface area contributed by atoms with Gasteiger partial charge in [0, 0.05) is 12.6 Å². The van der Waals surface area contributed by atoms with Gasteiger partial charge in [-0.25, -0.2) is 0 Å². The van der Waals surface area contributed by atoms with Crippen molar-refractivity contribution in [2.75, 3.05) is 13.6 Å². The first-order chi connectivity index (χ1) is 7.20. The fourth-order valence-electron chi connectivity index (χ4n) is 1.48. The summed E-state index contributed by atoms with van der Waals surface area (Å²) in [5.74, 6) is -2.68. The Morgan fingerprint density at radius 3 is 2.25 bits per heavy atom. The number of halogens is 3. The van der Waals surface area contributed by atoms with Crippen molar-refractivity contribution >= 4 is 5.84 Å². The van der Waals surface area contributed by atoms with Crippen molar-refractivity contribution in [1.82, 2.24) is 4.90 Å². The van der Waals surface area contributed by atoms with E-state index in [1.165, 1.54) is 0 Å². The summed E-state index contributed by atoms with van der Waals surface area (Å²) in [7, 11) is 1.63. The first-order valence-corrected chi connectivity index (χ1v) is 5.31. The van der Waals surface area contributed by atoms with Gasteiger partial charge in [-0.3, -0.25) is 5.41 Å². The molecule has 0 aromatic carbocycles. The maximum absolute atomic E-state index is 12.5. The van der Waals surface area contributed by atoms with Gasteiger partial charge in [0.2, 0.25) is 0 Å². The Balaban J connectivity index is 4.47. The van der Waals surface area contributed by atoms with Crippen LogP contribution in [0.2, 0.25) is 0 Å². The number of rotatable bonds is 6. The van der Waals surface area contributed by atoms with Crippen LogP contribution in [0.3, 0.4) is 0 Å². The molecular weight excluding hydrogens is 219 g/mol. The Bertz CT molecular complexity index is 228. The summed E-state index contributed by atoms with van der Waals surface area (Å²) in [6.07, 6.45) is -2.69. The van der Waals surface area contributed by atoms with Crippen LogP contribution in [0, 0.1) is 11.3 Å². The van der Waals surface area contributed by atoms with E-state index in [1.54, 1.807) is 11.9 Å². The first-order valence-electron chi connectivity index (χ1n) is 5.31. The van der Waals surface area contributed by atoms with E-state index in [0.29, 0.717) is 0 Å². The van der Waals surface area contributed by atoms with Crippen LogP contribution in [0.4, 0.5) is 13.2 Å². The van der Waals surface area contributed by atoms with Crippen molar-refractivity contribution < 1.29 is 13.2 Å². The van der Waals surface area contributed by atoms with Gasteiger partial charge < -0.3 is 10.6 Å². The molecular formula is C10H20F3N3. The lowest BCUT2D eigenvalue weighted by Crippen LogP contribution is -2.45. The highest BCUT2D eigenvalue weighted by molar-refractivity contribution is 5.80. The molecule has 0 aliphatic carbocycles. The van der Waals surface area contributed by atoms with E-state index < -0.39 is 17.9 Å². The maximum Gasteiger partial charge on any atom is 0.399 e. The fourth-order valence-corrected chi connectivity index (χ4v) is 1.48. The predicted molar refractivity (Wildman–Crippen MR) is 58.5 cm³/mol. The quantitative estimate of drug-likeness (QED) is 0.551. The highest BCUT2D eigenvalue weighted by Gasteiger charge is 2.42. The molecule has 3 N–H and O–H groups in total. The SMILES string of the molecule is CCCC(C)N(C)CC(C(=N)N)C(F)(F)F. The lowest BCUT2D eigenvalue weighted by atomic mass is 10.1. The van der Waals surface area contributed by atoms with E-state index in [0.717, 1.165) is 12.8 Å². The van der Waals surface area contributed by atoms with Gasteiger partial charge in [0.15, 0.2) is 0 Å². The van der Waals surface area contributed by atoms with Gasteiger partial charge in [0.25, 0.3) is 0 Å². The number of hydrogen-bond donors (Lipinski definition) is 2. The van der Waals surface area contributed by atoms with E-state index in [2.05, 4.69) is 0 Å². The Labute approximate surface area is 94.3 Å². The molecule has 2 atom stereocenters. The first kappa shape index (κ1) is 15.2. The molecule has 0 aromatic heterocycles. The Hall–Kier alpha value is -0.780. The molecule has 0 fully saturated rings. The monoisotopic (exact) mass is 239 g/mol. The van der Waals surface area contributed by atoms with Crippen LogP contribution in [0.25, 0.3) is 0 Å². The molecule has 2 unspecified atom stereocenters. The van der Waals surface area contributed by atoms with Gasteiger partial charge in [-0.2, -0.15) is 13.2 Å². The smallest absolute Gasteiger partial charge is 0.387 e. The van der Waals surface area contributed by atoms with Crippen LogP contribution in [-0.4, -0.2) is 36.5 Å². The zero-order valence-electron chi connectivity index (χ0n) is 9.93. The molecule has 0 radical (unpaired) electrons. The summed E-state index contributed by atoms with van der Waals surface area (Å²) < 4.78 is 37.6. The molecule has 3 nitrogen and oxygen atoms in total. The lowest BCUT2D eigenvalue weighted by molar-refractivity contribution is -0.160. The van der Waals surface area contributed by atoms with Crippen LogP contribution in [0.1, 0.15) is 26.7 Å². The van der Waals surface area contributed by atoms with E-state index in [-0.39, 0.29) is 12.6 Å². The molecule has 0 aromatic rings. The average molecular weight is 239 g/mol. The lowest BCUT2D eigenvalue weighted by Gasteiger charge is -2.29. The van der Waals surface area contributed by atoms with E-state index in [4.69, 9.17) is 11.1 Å². The summed E-state index contributed by atoms with van der Waals surface area (Å²) in [5, 5.41) is 6.97. The van der Waals surface area contributed by atoms with Crippen LogP contribution in [0.5, 0.6) is 0 Å². The van der Waals surface area contributed by atoms with Crippen LogP contribution in [0.15, 0.2) is 0 Å². The number of nitrogens with zero attached hydrogens (tertiary/aromatic N) is 1. The van der Waals surface area contributed by atoms with E-state index in [9.17, 15) is 13.2 Å². The second-order valence-electron chi connectivity index (χ2n) is 4.13. The topological polar surface area (TPSA) is 53.1 Å². The van der Waals surface area contributed by atoms with Gasteiger partial charge in [0.1, 0.15) is 11.8 Å². The molecule has 0 amide bonds. The molecule has 0 rings (SSSR count). The minimum atomic E-state index is -4.44. The number of nitrogens with one attached hydrogen (secondary N) is 1. The normalized spacial score (nSPS) is 16.2. The van der Waals surface area contributed by atoms with E-state index >= 15 is 0 Å². The van der Waals surface area contributed by atoms with Crippen LogP contribution < -0.4 is 5.73 Å². The third-order valence-corrected chi connectivity index (χ3v) is 2.70. The zero-order valence-corrected chi connectivity index (χ0v) is 9.93. The van der Waals surface area contributed by atoms with Gasteiger partial charge in [-0.1, -0.05) is 13.3 Å². The van der Waals surface area contributed by atoms with Crippen LogP contribution in [-0.2, 0) is 0 Å². The highest BCUT2D eigenvalue weighted by atomic mass is 19.4. The molecule has 6 heteroatoms. The molecule has 0 aliphatic rings. The van der Waals surface area contributed by atoms with Crippen molar-refractivity contribution in [2.24, 2.45) is 11.7 Å². The maximum atomic E-state index is 12.5. The number of amidine groups is 1. The molecule has 0 bridgehead atoms. The van der Waals surface area contributed by atoms with Gasteiger partial charge >= 0.3 is 6.18 Å². The van der Waals surface area contributed by atoms with Crippen molar-refractivity contribution in [3.63, 3.8) is 0 Å². The molecule has 0 saturated heterocycles. The molecule has 0 heterocycles. The predicted octanol–water partition coefficient (Wildman–Crippen LogP) is 2.22. The number of nitrogens with two attached hydrogens (primary N) is 1. The Morgan fingerprint density at radius 2 is 1.94 bits per heavy atom. The van der Waals surface area contributed by atoms with Crippen LogP contribution >= 0.6 is 0 Å². The summed E-state index contributed by atoms with van der Waals surface area (Å²) >= 11 is 0. The summed E-state index contributed by atoms with van der Waals surface area (Å²) in [6, 6.07) is 0.0641. The number of alkyl halides is 3. The molecule has 96 valence electrons. The molecule has 0 saturated carbocycles. The van der Waals surface area contributed by atoms with Crippen molar-refractivity contribution in [2.45, 2.75) is 38.9 Å². The minimum absolute atomic E-state index is 0.0641. The summed E-state index contributed by atoms with van der Waals surface area (Å²) in [4.78, 5) is 1.60. The van der Waals surface area contributed by atoms with Gasteiger partial charge in [0.05, 0.1) is 0 Å². The molecule has 0 aliphatic heterocycles.